The maximum absolute atomic E-state index is 10.8. The topological polar surface area (TPSA) is 20.3 Å². The van der Waals surface area contributed by atoms with E-state index in [1.54, 1.807) is 4.90 Å². The third-order valence-corrected chi connectivity index (χ3v) is 1.83. The van der Waals surface area contributed by atoms with E-state index in [-0.39, 0.29) is 11.8 Å². The number of amides is 1. The van der Waals surface area contributed by atoms with Gasteiger partial charge < -0.3 is 4.90 Å². The van der Waals surface area contributed by atoms with E-state index < -0.39 is 0 Å². The Labute approximate surface area is 59.8 Å². The number of carbonyl (C=O) groups is 1. The standard InChI is InChI=1S/C6H10ClNO/c1-8(5-2-3-5)6(9)4-7/h5H,2-4H2,1H3. The van der Waals surface area contributed by atoms with Gasteiger partial charge in [-0.1, -0.05) is 0 Å². The van der Waals surface area contributed by atoms with Crippen molar-refractivity contribution in [3.8, 4) is 0 Å². The van der Waals surface area contributed by atoms with Gasteiger partial charge in [0.1, 0.15) is 5.88 Å². The highest BCUT2D eigenvalue weighted by Crippen LogP contribution is 2.25. The van der Waals surface area contributed by atoms with Crippen molar-refractivity contribution in [3.05, 3.63) is 0 Å². The molecular formula is C6H10ClNO. The Hall–Kier alpha value is -0.240. The molecule has 0 aromatic carbocycles. The number of hydrogen-bond donors (Lipinski definition) is 0. The Morgan fingerprint density at radius 3 is 2.67 bits per heavy atom. The molecule has 0 N–H and O–H groups in total. The normalized spacial score (nSPS) is 17.6. The first kappa shape index (κ1) is 6.87. The van der Waals surface area contributed by atoms with Crippen LogP contribution in [-0.2, 0) is 4.79 Å². The Kier molecular flexibility index (Phi) is 1.96. The van der Waals surface area contributed by atoms with Crippen LogP contribution in [0.5, 0.6) is 0 Å². The summed E-state index contributed by atoms with van der Waals surface area (Å²) in [4.78, 5) is 12.5. The highest BCUT2D eigenvalue weighted by atomic mass is 35.5. The van der Waals surface area contributed by atoms with E-state index in [1.807, 2.05) is 7.05 Å². The van der Waals surface area contributed by atoms with Crippen molar-refractivity contribution >= 4 is 17.5 Å². The number of rotatable bonds is 2. The number of hydrogen-bond acceptors (Lipinski definition) is 1. The highest BCUT2D eigenvalue weighted by Gasteiger charge is 2.28. The van der Waals surface area contributed by atoms with Gasteiger partial charge in [-0.2, -0.15) is 0 Å². The van der Waals surface area contributed by atoms with Gasteiger partial charge in [0.25, 0.3) is 0 Å². The van der Waals surface area contributed by atoms with E-state index in [0.717, 1.165) is 12.8 Å². The van der Waals surface area contributed by atoms with Crippen molar-refractivity contribution < 1.29 is 4.79 Å². The van der Waals surface area contributed by atoms with E-state index in [9.17, 15) is 4.79 Å². The van der Waals surface area contributed by atoms with Crippen LogP contribution in [0.15, 0.2) is 0 Å². The van der Waals surface area contributed by atoms with Gasteiger partial charge in [0.15, 0.2) is 0 Å². The van der Waals surface area contributed by atoms with Crippen molar-refractivity contribution in [3.63, 3.8) is 0 Å². The maximum Gasteiger partial charge on any atom is 0.237 e. The average molecular weight is 148 g/mol. The molecule has 0 aromatic rings. The SMILES string of the molecule is CN(C(=O)CCl)C1CC1. The van der Waals surface area contributed by atoms with Gasteiger partial charge in [-0.05, 0) is 12.8 Å². The highest BCUT2D eigenvalue weighted by molar-refractivity contribution is 6.27. The van der Waals surface area contributed by atoms with Crippen molar-refractivity contribution in [1.29, 1.82) is 0 Å². The summed E-state index contributed by atoms with van der Waals surface area (Å²) in [6.07, 6.45) is 2.30. The Morgan fingerprint density at radius 1 is 1.78 bits per heavy atom. The maximum atomic E-state index is 10.8. The number of carbonyl (C=O) groups excluding carboxylic acids is 1. The fourth-order valence-electron chi connectivity index (χ4n) is 0.760. The van der Waals surface area contributed by atoms with Crippen molar-refractivity contribution in [2.45, 2.75) is 18.9 Å². The molecule has 1 amide bonds. The van der Waals surface area contributed by atoms with Gasteiger partial charge in [0, 0.05) is 13.1 Å². The monoisotopic (exact) mass is 147 g/mol. The molecule has 1 aliphatic carbocycles. The lowest BCUT2D eigenvalue weighted by atomic mass is 10.5. The van der Waals surface area contributed by atoms with Crippen LogP contribution in [0.2, 0.25) is 0 Å². The molecule has 3 heteroatoms. The molecule has 2 nitrogen and oxygen atoms in total. The molecule has 0 heterocycles. The predicted molar refractivity (Wildman–Crippen MR) is 36.5 cm³/mol. The van der Waals surface area contributed by atoms with Crippen LogP contribution in [-0.4, -0.2) is 29.8 Å². The molecule has 1 rings (SSSR count). The molecule has 9 heavy (non-hydrogen) atoms. The van der Waals surface area contributed by atoms with Crippen LogP contribution in [0.25, 0.3) is 0 Å². The molecule has 1 fully saturated rings. The van der Waals surface area contributed by atoms with Gasteiger partial charge in [-0.25, -0.2) is 0 Å². The number of halogens is 1. The molecule has 52 valence electrons. The largest absolute Gasteiger partial charge is 0.342 e. The molecule has 1 saturated carbocycles. The zero-order valence-electron chi connectivity index (χ0n) is 5.43. The van der Waals surface area contributed by atoms with Crippen molar-refractivity contribution in [2.24, 2.45) is 0 Å². The van der Waals surface area contributed by atoms with Gasteiger partial charge in [0.05, 0.1) is 0 Å². The summed E-state index contributed by atoms with van der Waals surface area (Å²) >= 11 is 5.33. The lowest BCUT2D eigenvalue weighted by molar-refractivity contribution is -0.127. The summed E-state index contributed by atoms with van der Waals surface area (Å²) in [5.41, 5.74) is 0. The summed E-state index contributed by atoms with van der Waals surface area (Å²) < 4.78 is 0. The number of alkyl halides is 1. The molecule has 0 saturated heterocycles. The fraction of sp³-hybridized carbons (Fsp3) is 0.833. The van der Waals surface area contributed by atoms with Crippen LogP contribution in [0.3, 0.4) is 0 Å². The molecule has 0 bridgehead atoms. The smallest absolute Gasteiger partial charge is 0.237 e. The Morgan fingerprint density at radius 2 is 2.33 bits per heavy atom. The second-order valence-corrected chi connectivity index (χ2v) is 2.64. The summed E-state index contributed by atoms with van der Waals surface area (Å²) in [6.45, 7) is 0. The molecule has 1 aliphatic rings. The molecule has 0 radical (unpaired) electrons. The zero-order chi connectivity index (χ0) is 6.85. The molecule has 0 aromatic heterocycles. The summed E-state index contributed by atoms with van der Waals surface area (Å²) in [7, 11) is 1.81. The predicted octanol–water partition coefficient (Wildman–Crippen LogP) is 0.846. The van der Waals surface area contributed by atoms with E-state index in [2.05, 4.69) is 0 Å². The molecular weight excluding hydrogens is 138 g/mol. The molecule has 0 spiro atoms. The van der Waals surface area contributed by atoms with Gasteiger partial charge in [0.2, 0.25) is 5.91 Å². The molecule has 0 aliphatic heterocycles. The van der Waals surface area contributed by atoms with Crippen molar-refractivity contribution in [2.75, 3.05) is 12.9 Å². The third kappa shape index (κ3) is 1.58. The van der Waals surface area contributed by atoms with Crippen LogP contribution >= 0.6 is 11.6 Å². The fourth-order valence-corrected chi connectivity index (χ4v) is 0.948. The van der Waals surface area contributed by atoms with Crippen LogP contribution in [0.4, 0.5) is 0 Å². The Balaban J connectivity index is 2.30. The minimum Gasteiger partial charge on any atom is -0.342 e. The van der Waals surface area contributed by atoms with Crippen LogP contribution < -0.4 is 0 Å². The van der Waals surface area contributed by atoms with Gasteiger partial charge >= 0.3 is 0 Å². The first-order valence-corrected chi connectivity index (χ1v) is 3.60. The van der Waals surface area contributed by atoms with E-state index >= 15 is 0 Å². The second-order valence-electron chi connectivity index (χ2n) is 2.37. The van der Waals surface area contributed by atoms with Gasteiger partial charge in [-0.15, -0.1) is 11.6 Å². The Bertz CT molecular complexity index is 122. The summed E-state index contributed by atoms with van der Waals surface area (Å²) in [5.74, 6) is 0.159. The van der Waals surface area contributed by atoms with Crippen LogP contribution in [0, 0.1) is 0 Å². The lowest BCUT2D eigenvalue weighted by Gasteiger charge is -2.13. The zero-order valence-corrected chi connectivity index (χ0v) is 6.19. The number of nitrogens with zero attached hydrogens (tertiary/aromatic N) is 1. The van der Waals surface area contributed by atoms with Crippen molar-refractivity contribution in [1.82, 2.24) is 4.90 Å². The quantitative estimate of drug-likeness (QED) is 0.531. The van der Waals surface area contributed by atoms with Gasteiger partial charge in [-0.3, -0.25) is 4.79 Å². The van der Waals surface area contributed by atoms with Crippen LogP contribution in [0.1, 0.15) is 12.8 Å². The first-order chi connectivity index (χ1) is 4.25. The average Bonchev–Trinajstić information content (AvgIpc) is 2.66. The second kappa shape index (κ2) is 2.56. The molecule has 0 unspecified atom stereocenters. The first-order valence-electron chi connectivity index (χ1n) is 3.07. The minimum atomic E-state index is 0.0409. The summed E-state index contributed by atoms with van der Waals surface area (Å²) in [6, 6.07) is 0.497. The van der Waals surface area contributed by atoms with E-state index in [1.165, 1.54) is 0 Å². The summed E-state index contributed by atoms with van der Waals surface area (Å²) in [5, 5.41) is 0. The minimum absolute atomic E-state index is 0.0409. The van der Waals surface area contributed by atoms with E-state index in [4.69, 9.17) is 11.6 Å². The third-order valence-electron chi connectivity index (χ3n) is 1.60. The lowest BCUT2D eigenvalue weighted by Crippen LogP contribution is -2.29. The molecule has 0 atom stereocenters. The van der Waals surface area contributed by atoms with E-state index in [0.29, 0.717) is 6.04 Å².